The van der Waals surface area contributed by atoms with E-state index in [1.54, 1.807) is 42.5 Å². The number of fused-ring (bicyclic) bond motifs is 1. The Bertz CT molecular complexity index is 1400. The summed E-state index contributed by atoms with van der Waals surface area (Å²) in [5.41, 5.74) is -2.37. The average molecular weight is 467 g/mol. The molecule has 1 amide bonds. The first kappa shape index (κ1) is 22.7. The molecule has 3 aromatic rings. The lowest BCUT2D eigenvalue weighted by atomic mass is 9.79. The highest BCUT2D eigenvalue weighted by Crippen LogP contribution is 2.43. The molecule has 2 atom stereocenters. The van der Waals surface area contributed by atoms with Gasteiger partial charge in [0.05, 0.1) is 29.0 Å². The second-order valence-corrected chi connectivity index (χ2v) is 7.17. The van der Waals surface area contributed by atoms with Crippen molar-refractivity contribution >= 4 is 28.4 Å². The van der Waals surface area contributed by atoms with E-state index >= 15 is 0 Å². The smallest absolute Gasteiger partial charge is 0.281 e. The number of pyridine rings is 1. The third-order valence-electron chi connectivity index (χ3n) is 5.22. The van der Waals surface area contributed by atoms with Crippen LogP contribution in [0.5, 0.6) is 0 Å². The highest BCUT2D eigenvalue weighted by atomic mass is 19.3. The van der Waals surface area contributed by atoms with E-state index in [9.17, 15) is 32.9 Å². The number of carbonyl (C=O) groups excluding carboxylic acids is 1. The van der Waals surface area contributed by atoms with Crippen LogP contribution in [0.1, 0.15) is 22.0 Å². The largest absolute Gasteiger partial charge is 0.460 e. The van der Waals surface area contributed by atoms with Gasteiger partial charge in [-0.15, -0.1) is 0 Å². The third-order valence-corrected chi connectivity index (χ3v) is 5.22. The van der Waals surface area contributed by atoms with Crippen molar-refractivity contribution in [2.24, 2.45) is 10.9 Å². The zero-order chi connectivity index (χ0) is 24.4. The first-order valence-corrected chi connectivity index (χ1v) is 9.79. The molecule has 4 rings (SSSR count). The van der Waals surface area contributed by atoms with Gasteiger partial charge in [0.15, 0.2) is 0 Å². The molecule has 2 unspecified atom stereocenters. The van der Waals surface area contributed by atoms with Gasteiger partial charge in [0.2, 0.25) is 0 Å². The van der Waals surface area contributed by atoms with Crippen molar-refractivity contribution in [3.63, 3.8) is 0 Å². The molecule has 11 heteroatoms. The number of alkyl halides is 4. The minimum Gasteiger partial charge on any atom is -0.460 e. The number of aromatic nitrogens is 1. The van der Waals surface area contributed by atoms with Gasteiger partial charge >= 0.3 is 0 Å². The Hall–Kier alpha value is -4.51. The normalized spacial score (nSPS) is 18.1. The highest BCUT2D eigenvalue weighted by Gasteiger charge is 2.43. The monoisotopic (exact) mass is 467 g/mol. The Kier molecular flexibility index (Phi) is 6.11. The van der Waals surface area contributed by atoms with Crippen molar-refractivity contribution in [2.45, 2.75) is 18.8 Å². The fourth-order valence-electron chi connectivity index (χ4n) is 3.70. The topological polar surface area (TPSA) is 115 Å². The lowest BCUT2D eigenvalue weighted by Crippen LogP contribution is -2.32. The summed E-state index contributed by atoms with van der Waals surface area (Å²) < 4.78 is 59.9. The molecule has 0 fully saturated rings. The van der Waals surface area contributed by atoms with Gasteiger partial charge in [-0.25, -0.2) is 27.5 Å². The number of nitriles is 2. The highest BCUT2D eigenvalue weighted by molar-refractivity contribution is 6.07. The summed E-state index contributed by atoms with van der Waals surface area (Å²) in [6.45, 7) is 0. The molecule has 1 aliphatic rings. The van der Waals surface area contributed by atoms with Crippen molar-refractivity contribution in [3.05, 3.63) is 71.3 Å². The van der Waals surface area contributed by atoms with Crippen LogP contribution in [-0.4, -0.2) is 29.5 Å². The van der Waals surface area contributed by atoms with Gasteiger partial charge in [-0.05, 0) is 24.3 Å². The molecule has 0 spiro atoms. The van der Waals surface area contributed by atoms with Crippen molar-refractivity contribution in [3.8, 4) is 12.1 Å². The first-order chi connectivity index (χ1) is 16.3. The Labute approximate surface area is 189 Å². The zero-order valence-electron chi connectivity index (χ0n) is 17.0. The van der Waals surface area contributed by atoms with Crippen LogP contribution in [0.4, 0.5) is 23.4 Å². The molecule has 7 nitrogen and oxygen atoms in total. The van der Waals surface area contributed by atoms with E-state index in [0.717, 1.165) is 0 Å². The first-order valence-electron chi connectivity index (χ1n) is 9.79. The van der Waals surface area contributed by atoms with E-state index < -0.39 is 47.6 Å². The van der Waals surface area contributed by atoms with Crippen LogP contribution in [0.15, 0.2) is 69.3 Å². The van der Waals surface area contributed by atoms with Crippen molar-refractivity contribution in [1.82, 2.24) is 4.98 Å². The number of amides is 1. The summed E-state index contributed by atoms with van der Waals surface area (Å²) in [6.07, 6.45) is -5.30. The van der Waals surface area contributed by atoms with Gasteiger partial charge in [-0.1, -0.05) is 18.2 Å². The van der Waals surface area contributed by atoms with E-state index in [1.807, 2.05) is 0 Å². The second-order valence-electron chi connectivity index (χ2n) is 7.17. The van der Waals surface area contributed by atoms with Crippen LogP contribution in [0.2, 0.25) is 0 Å². The molecule has 0 radical (unpaired) electrons. The van der Waals surface area contributed by atoms with E-state index in [1.165, 1.54) is 18.3 Å². The maximum Gasteiger partial charge on any atom is 0.281 e. The Balaban J connectivity index is 1.82. The summed E-state index contributed by atoms with van der Waals surface area (Å²) >= 11 is 0. The molecule has 0 saturated carbocycles. The standard InChI is InChI=1S/C23H13F4N5O2/c24-20(25)18-13(9-28)17(14(10-29)19(31-18)21(26)27)16-8-12-15(34-16)6-7-30-22(12)32-23(33)11-4-2-1-3-5-11/h1-8,13,17,20-21H,(H,30,32,33). The molecule has 1 aromatic carbocycles. The lowest BCUT2D eigenvalue weighted by Gasteiger charge is -2.26. The number of nitrogens with one attached hydrogen (secondary N) is 1. The van der Waals surface area contributed by atoms with Gasteiger partial charge in [0, 0.05) is 11.8 Å². The summed E-state index contributed by atoms with van der Waals surface area (Å²) in [4.78, 5) is 19.9. The van der Waals surface area contributed by atoms with E-state index in [0.29, 0.717) is 5.56 Å². The van der Waals surface area contributed by atoms with E-state index in [2.05, 4.69) is 15.3 Å². The number of nitrogens with zero attached hydrogens (tertiary/aromatic N) is 4. The molecule has 0 bridgehead atoms. The van der Waals surface area contributed by atoms with Crippen LogP contribution >= 0.6 is 0 Å². The molecule has 1 aliphatic heterocycles. The Morgan fingerprint density at radius 2 is 1.82 bits per heavy atom. The van der Waals surface area contributed by atoms with Crippen LogP contribution < -0.4 is 5.32 Å². The van der Waals surface area contributed by atoms with Gasteiger partial charge in [-0.3, -0.25) is 4.79 Å². The zero-order valence-corrected chi connectivity index (χ0v) is 17.0. The molecule has 0 saturated heterocycles. The number of hydrogen-bond donors (Lipinski definition) is 1. The van der Waals surface area contributed by atoms with Crippen molar-refractivity contribution in [2.75, 3.05) is 5.32 Å². The van der Waals surface area contributed by atoms with Crippen LogP contribution in [0, 0.1) is 28.6 Å². The molecule has 1 N–H and O–H groups in total. The van der Waals surface area contributed by atoms with Crippen molar-refractivity contribution < 1.29 is 26.8 Å². The molecular weight excluding hydrogens is 454 g/mol. The SMILES string of the molecule is N#CC1=C(C(F)F)N=C(C(F)F)C(C#N)C1c1cc2c(NC(=O)c3ccccc3)nccc2o1. The third kappa shape index (κ3) is 3.99. The summed E-state index contributed by atoms with van der Waals surface area (Å²) in [6, 6.07) is 14.1. The Morgan fingerprint density at radius 3 is 2.44 bits per heavy atom. The number of halogens is 4. The van der Waals surface area contributed by atoms with Crippen LogP contribution in [0.3, 0.4) is 0 Å². The number of carbonyl (C=O) groups is 1. The molecule has 2 aromatic heterocycles. The summed E-state index contributed by atoms with van der Waals surface area (Å²) in [5.74, 6) is -3.88. The predicted molar refractivity (Wildman–Crippen MR) is 112 cm³/mol. The molecule has 34 heavy (non-hydrogen) atoms. The van der Waals surface area contributed by atoms with Crippen LogP contribution in [-0.2, 0) is 0 Å². The van der Waals surface area contributed by atoms with Gasteiger partial charge in [0.1, 0.15) is 34.5 Å². The number of benzene rings is 1. The van der Waals surface area contributed by atoms with E-state index in [4.69, 9.17) is 4.42 Å². The Morgan fingerprint density at radius 1 is 1.09 bits per heavy atom. The van der Waals surface area contributed by atoms with Gasteiger partial charge < -0.3 is 9.73 Å². The second kappa shape index (κ2) is 9.16. The predicted octanol–water partition coefficient (Wildman–Crippen LogP) is 5.07. The maximum absolute atomic E-state index is 13.6. The van der Waals surface area contributed by atoms with E-state index in [-0.39, 0.29) is 22.5 Å². The van der Waals surface area contributed by atoms with Gasteiger partial charge in [-0.2, -0.15) is 10.5 Å². The molecule has 170 valence electrons. The fourth-order valence-corrected chi connectivity index (χ4v) is 3.70. The average Bonchev–Trinajstić information content (AvgIpc) is 3.27. The minimum absolute atomic E-state index is 0.0602. The number of furan rings is 1. The van der Waals surface area contributed by atoms with Crippen LogP contribution in [0.25, 0.3) is 11.0 Å². The summed E-state index contributed by atoms with van der Waals surface area (Å²) in [7, 11) is 0. The molecular formula is C23H13F4N5O2. The lowest BCUT2D eigenvalue weighted by molar-refractivity contribution is 0.102. The fraction of sp³-hybridized carbons (Fsp3) is 0.174. The number of aliphatic imine (C=N–C) groups is 1. The number of allylic oxidation sites excluding steroid dienone is 2. The quantitative estimate of drug-likeness (QED) is 0.527. The molecule has 3 heterocycles. The maximum atomic E-state index is 13.6. The number of rotatable bonds is 5. The van der Waals surface area contributed by atoms with Gasteiger partial charge in [0.25, 0.3) is 18.8 Å². The molecule has 0 aliphatic carbocycles. The minimum atomic E-state index is -3.32. The summed E-state index contributed by atoms with van der Waals surface area (Å²) in [5, 5.41) is 21.9. The number of hydrogen-bond acceptors (Lipinski definition) is 6. The number of anilines is 1. The van der Waals surface area contributed by atoms with Crippen molar-refractivity contribution in [1.29, 1.82) is 10.5 Å².